The highest BCUT2D eigenvalue weighted by atomic mass is 32.2. The van der Waals surface area contributed by atoms with Crippen LogP contribution in [0.15, 0.2) is 65.6 Å². The molecule has 0 heterocycles. The monoisotopic (exact) mass is 369 g/mol. The number of sulfonamides is 1. The van der Waals surface area contributed by atoms with Crippen molar-refractivity contribution in [3.8, 4) is 0 Å². The third-order valence-electron chi connectivity index (χ3n) is 4.35. The zero-order valence-electron chi connectivity index (χ0n) is 14.5. The molecule has 134 valence electrons. The third kappa shape index (κ3) is 3.04. The predicted octanol–water partition coefficient (Wildman–Crippen LogP) is 4.06. The first-order valence-electron chi connectivity index (χ1n) is 8.20. The number of nitrogens with zero attached hydrogens (tertiary/aromatic N) is 1. The van der Waals surface area contributed by atoms with Gasteiger partial charge >= 0.3 is 5.97 Å². The van der Waals surface area contributed by atoms with Crippen molar-refractivity contribution in [2.24, 2.45) is 0 Å². The van der Waals surface area contributed by atoms with Gasteiger partial charge in [0, 0.05) is 11.9 Å². The number of carboxylic acid groups (broad SMARTS) is 1. The molecule has 0 bridgehead atoms. The van der Waals surface area contributed by atoms with Crippen LogP contribution in [0.25, 0.3) is 10.8 Å². The molecule has 5 nitrogen and oxygen atoms in total. The number of rotatable bonds is 5. The lowest BCUT2D eigenvalue weighted by atomic mass is 10.1. The Hall–Kier alpha value is -2.86. The van der Waals surface area contributed by atoms with Gasteiger partial charge in [-0.05, 0) is 43.0 Å². The van der Waals surface area contributed by atoms with E-state index in [4.69, 9.17) is 0 Å². The van der Waals surface area contributed by atoms with Crippen LogP contribution < -0.4 is 4.31 Å². The first-order valence-corrected chi connectivity index (χ1v) is 9.64. The van der Waals surface area contributed by atoms with E-state index in [0.29, 0.717) is 11.3 Å². The molecule has 0 saturated carbocycles. The van der Waals surface area contributed by atoms with Gasteiger partial charge in [-0.2, -0.15) is 0 Å². The molecule has 0 aromatic heterocycles. The molecule has 26 heavy (non-hydrogen) atoms. The van der Waals surface area contributed by atoms with Gasteiger partial charge in [0.1, 0.15) is 0 Å². The Kier molecular flexibility index (Phi) is 4.70. The van der Waals surface area contributed by atoms with Gasteiger partial charge in [0.2, 0.25) is 0 Å². The van der Waals surface area contributed by atoms with Gasteiger partial charge in [-0.25, -0.2) is 13.2 Å². The number of hydrogen-bond donors (Lipinski definition) is 1. The highest BCUT2D eigenvalue weighted by molar-refractivity contribution is 7.92. The quantitative estimate of drug-likeness (QED) is 0.736. The lowest BCUT2D eigenvalue weighted by Gasteiger charge is -2.24. The minimum Gasteiger partial charge on any atom is -0.478 e. The van der Waals surface area contributed by atoms with E-state index in [1.165, 1.54) is 22.5 Å². The van der Waals surface area contributed by atoms with Gasteiger partial charge in [0.15, 0.2) is 0 Å². The third-order valence-corrected chi connectivity index (χ3v) is 6.23. The summed E-state index contributed by atoms with van der Waals surface area (Å²) in [6, 6.07) is 17.3. The highest BCUT2D eigenvalue weighted by Gasteiger charge is 2.26. The number of carboxylic acids is 1. The molecule has 0 radical (unpaired) electrons. The van der Waals surface area contributed by atoms with Crippen LogP contribution in [0.5, 0.6) is 0 Å². The maximum Gasteiger partial charge on any atom is 0.335 e. The summed E-state index contributed by atoms with van der Waals surface area (Å²) in [6.07, 6.45) is 0. The molecule has 0 amide bonds. The zero-order chi connectivity index (χ0) is 18.9. The Balaban J connectivity index is 2.18. The van der Waals surface area contributed by atoms with Crippen LogP contribution >= 0.6 is 0 Å². The fourth-order valence-corrected chi connectivity index (χ4v) is 4.53. The van der Waals surface area contributed by atoms with Gasteiger partial charge < -0.3 is 5.11 Å². The highest BCUT2D eigenvalue weighted by Crippen LogP contribution is 2.31. The predicted molar refractivity (Wildman–Crippen MR) is 102 cm³/mol. The van der Waals surface area contributed by atoms with Crippen molar-refractivity contribution in [1.29, 1.82) is 0 Å². The molecule has 0 aliphatic carbocycles. The standard InChI is InChI=1S/C20H19NO4S/c1-3-21(19-10-6-8-15-7-4-5-9-17(15)19)26(24,25)16-12-11-14(2)18(13-16)20(22)23/h4-13H,3H2,1-2H3,(H,22,23). The van der Waals surface area contributed by atoms with E-state index in [9.17, 15) is 18.3 Å². The molecular weight excluding hydrogens is 350 g/mol. The molecule has 0 saturated heterocycles. The number of aryl methyl sites for hydroxylation is 1. The fourth-order valence-electron chi connectivity index (χ4n) is 3.01. The van der Waals surface area contributed by atoms with Crippen LogP contribution in [0.4, 0.5) is 5.69 Å². The Morgan fingerprint density at radius 1 is 1.04 bits per heavy atom. The average molecular weight is 369 g/mol. The van der Waals surface area contributed by atoms with Crippen LogP contribution in [0.1, 0.15) is 22.8 Å². The molecule has 3 aromatic carbocycles. The lowest BCUT2D eigenvalue weighted by molar-refractivity contribution is 0.0696. The fraction of sp³-hybridized carbons (Fsp3) is 0.150. The number of benzene rings is 3. The minimum atomic E-state index is -3.90. The van der Waals surface area contributed by atoms with E-state index in [1.807, 2.05) is 36.4 Å². The Labute approximate surface area is 152 Å². The van der Waals surface area contributed by atoms with Gasteiger partial charge in [-0.3, -0.25) is 4.31 Å². The van der Waals surface area contributed by atoms with E-state index in [1.54, 1.807) is 19.9 Å². The molecule has 3 aromatic rings. The molecular formula is C20H19NO4S. The van der Waals surface area contributed by atoms with E-state index in [2.05, 4.69) is 0 Å². The van der Waals surface area contributed by atoms with Crippen molar-refractivity contribution in [3.05, 3.63) is 71.8 Å². The van der Waals surface area contributed by atoms with Crippen molar-refractivity contribution in [1.82, 2.24) is 0 Å². The van der Waals surface area contributed by atoms with Crippen LogP contribution in [0.2, 0.25) is 0 Å². The normalized spacial score (nSPS) is 11.5. The van der Waals surface area contributed by atoms with Gasteiger partial charge in [-0.15, -0.1) is 0 Å². The molecule has 0 spiro atoms. The van der Waals surface area contributed by atoms with E-state index >= 15 is 0 Å². The summed E-state index contributed by atoms with van der Waals surface area (Å²) in [7, 11) is -3.90. The van der Waals surface area contributed by atoms with E-state index < -0.39 is 16.0 Å². The number of fused-ring (bicyclic) bond motifs is 1. The summed E-state index contributed by atoms with van der Waals surface area (Å²) < 4.78 is 27.8. The summed E-state index contributed by atoms with van der Waals surface area (Å²) in [5, 5.41) is 11.1. The summed E-state index contributed by atoms with van der Waals surface area (Å²) in [5.41, 5.74) is 1.08. The number of anilines is 1. The summed E-state index contributed by atoms with van der Waals surface area (Å²) in [6.45, 7) is 3.63. The van der Waals surface area contributed by atoms with Gasteiger partial charge in [-0.1, -0.05) is 42.5 Å². The summed E-state index contributed by atoms with van der Waals surface area (Å²) >= 11 is 0. The Morgan fingerprint density at radius 2 is 1.73 bits per heavy atom. The molecule has 1 N–H and O–H groups in total. The van der Waals surface area contributed by atoms with Gasteiger partial charge in [0.05, 0.1) is 16.1 Å². The molecule has 3 rings (SSSR count). The average Bonchev–Trinajstić information content (AvgIpc) is 2.62. The Morgan fingerprint density at radius 3 is 2.42 bits per heavy atom. The molecule has 0 unspecified atom stereocenters. The molecule has 6 heteroatoms. The lowest BCUT2D eigenvalue weighted by Crippen LogP contribution is -2.31. The second-order valence-electron chi connectivity index (χ2n) is 5.95. The maximum absolute atomic E-state index is 13.2. The summed E-state index contributed by atoms with van der Waals surface area (Å²) in [4.78, 5) is 11.3. The molecule has 0 aliphatic rings. The summed E-state index contributed by atoms with van der Waals surface area (Å²) in [5.74, 6) is -1.15. The first kappa shape index (κ1) is 17.9. The SMILES string of the molecule is CCN(c1cccc2ccccc12)S(=O)(=O)c1ccc(C)c(C(=O)O)c1. The van der Waals surface area contributed by atoms with Crippen molar-refractivity contribution in [2.45, 2.75) is 18.7 Å². The van der Waals surface area contributed by atoms with Crippen LogP contribution in [0, 0.1) is 6.92 Å². The van der Waals surface area contributed by atoms with Crippen LogP contribution in [-0.2, 0) is 10.0 Å². The maximum atomic E-state index is 13.2. The van der Waals surface area contributed by atoms with E-state index in [0.717, 1.165) is 10.8 Å². The largest absolute Gasteiger partial charge is 0.478 e. The topological polar surface area (TPSA) is 74.7 Å². The first-order chi connectivity index (χ1) is 12.4. The minimum absolute atomic E-state index is 0.0138. The molecule has 0 aliphatic heterocycles. The number of hydrogen-bond acceptors (Lipinski definition) is 3. The number of aromatic carboxylic acids is 1. The second kappa shape index (κ2) is 6.80. The molecule has 0 atom stereocenters. The number of carbonyl (C=O) groups is 1. The second-order valence-corrected chi connectivity index (χ2v) is 7.81. The van der Waals surface area contributed by atoms with Crippen molar-refractivity contribution in [2.75, 3.05) is 10.8 Å². The van der Waals surface area contributed by atoms with Crippen LogP contribution in [0.3, 0.4) is 0 Å². The van der Waals surface area contributed by atoms with Crippen molar-refractivity contribution >= 4 is 32.5 Å². The smallest absolute Gasteiger partial charge is 0.335 e. The van der Waals surface area contributed by atoms with Gasteiger partial charge in [0.25, 0.3) is 10.0 Å². The zero-order valence-corrected chi connectivity index (χ0v) is 15.3. The van der Waals surface area contributed by atoms with Crippen molar-refractivity contribution in [3.63, 3.8) is 0 Å². The molecule has 0 fully saturated rings. The van der Waals surface area contributed by atoms with E-state index in [-0.39, 0.29) is 17.0 Å². The van der Waals surface area contributed by atoms with Crippen LogP contribution in [-0.4, -0.2) is 26.0 Å². The van der Waals surface area contributed by atoms with Crippen molar-refractivity contribution < 1.29 is 18.3 Å². The Bertz CT molecular complexity index is 1080.